The molecule has 0 bridgehead atoms. The summed E-state index contributed by atoms with van der Waals surface area (Å²) >= 11 is 0. The van der Waals surface area contributed by atoms with Crippen LogP contribution in [0.2, 0.25) is 0 Å². The topological polar surface area (TPSA) is 12.0 Å². The van der Waals surface area contributed by atoms with E-state index in [1.807, 2.05) is 0 Å². The van der Waals surface area contributed by atoms with E-state index in [0.29, 0.717) is 5.54 Å². The highest BCUT2D eigenvalue weighted by atomic mass is 15.0. The summed E-state index contributed by atoms with van der Waals surface area (Å²) in [5.74, 6) is 1.95. The van der Waals surface area contributed by atoms with Crippen LogP contribution in [0.1, 0.15) is 52.4 Å². The van der Waals surface area contributed by atoms with Crippen LogP contribution >= 0.6 is 0 Å². The summed E-state index contributed by atoms with van der Waals surface area (Å²) in [5, 5.41) is 3.76. The van der Waals surface area contributed by atoms with Crippen LogP contribution in [0.25, 0.3) is 0 Å². The first-order chi connectivity index (χ1) is 6.18. The Bertz CT molecular complexity index is 164. The van der Waals surface area contributed by atoms with Gasteiger partial charge in [0, 0.05) is 5.54 Å². The van der Waals surface area contributed by atoms with E-state index in [0.717, 1.165) is 11.8 Å². The first kappa shape index (κ1) is 9.51. The van der Waals surface area contributed by atoms with Gasteiger partial charge in [-0.3, -0.25) is 0 Å². The highest BCUT2D eigenvalue weighted by Gasteiger charge is 2.37. The van der Waals surface area contributed by atoms with Gasteiger partial charge in [0.05, 0.1) is 0 Å². The molecule has 2 fully saturated rings. The van der Waals surface area contributed by atoms with Crippen LogP contribution < -0.4 is 5.32 Å². The van der Waals surface area contributed by atoms with Crippen molar-refractivity contribution in [3.63, 3.8) is 0 Å². The van der Waals surface area contributed by atoms with Crippen molar-refractivity contribution in [3.8, 4) is 0 Å². The predicted octanol–water partition coefficient (Wildman–Crippen LogP) is 2.95. The summed E-state index contributed by atoms with van der Waals surface area (Å²) in [6, 6.07) is 0. The van der Waals surface area contributed by atoms with Gasteiger partial charge in [0.25, 0.3) is 0 Å². The van der Waals surface area contributed by atoms with Gasteiger partial charge in [-0.15, -0.1) is 0 Å². The van der Waals surface area contributed by atoms with Crippen LogP contribution in [0.5, 0.6) is 0 Å². The lowest BCUT2D eigenvalue weighted by Gasteiger charge is -2.28. The monoisotopic (exact) mass is 181 g/mol. The fraction of sp³-hybridized carbons (Fsp3) is 1.00. The van der Waals surface area contributed by atoms with Crippen LogP contribution in [0, 0.1) is 11.8 Å². The summed E-state index contributed by atoms with van der Waals surface area (Å²) in [6.07, 6.45) is 8.77. The van der Waals surface area contributed by atoms with Crippen molar-refractivity contribution in [1.82, 2.24) is 5.32 Å². The Hall–Kier alpha value is -0.0400. The van der Waals surface area contributed by atoms with E-state index in [-0.39, 0.29) is 0 Å². The molecule has 2 aliphatic carbocycles. The van der Waals surface area contributed by atoms with E-state index in [2.05, 4.69) is 19.2 Å². The molecule has 0 atom stereocenters. The lowest BCUT2D eigenvalue weighted by molar-refractivity contribution is 0.313. The molecule has 1 heteroatoms. The molecule has 0 unspecified atom stereocenters. The van der Waals surface area contributed by atoms with Crippen molar-refractivity contribution in [2.75, 3.05) is 6.54 Å². The molecule has 1 N–H and O–H groups in total. The minimum atomic E-state index is 0.419. The zero-order valence-electron chi connectivity index (χ0n) is 9.10. The average molecular weight is 181 g/mol. The summed E-state index contributed by atoms with van der Waals surface area (Å²) in [6.45, 7) is 6.02. The fourth-order valence-corrected chi connectivity index (χ4v) is 2.57. The molecule has 0 aliphatic heterocycles. The molecule has 76 valence electrons. The highest BCUT2D eigenvalue weighted by Crippen LogP contribution is 2.39. The van der Waals surface area contributed by atoms with Gasteiger partial charge >= 0.3 is 0 Å². The van der Waals surface area contributed by atoms with Crippen molar-refractivity contribution in [2.24, 2.45) is 11.8 Å². The molecule has 13 heavy (non-hydrogen) atoms. The van der Waals surface area contributed by atoms with Gasteiger partial charge in [-0.05, 0) is 57.9 Å². The molecular formula is C12H23N. The van der Waals surface area contributed by atoms with Crippen molar-refractivity contribution in [2.45, 2.75) is 57.9 Å². The maximum Gasteiger partial charge on any atom is 0.0153 e. The maximum absolute atomic E-state index is 3.76. The summed E-state index contributed by atoms with van der Waals surface area (Å²) in [4.78, 5) is 0. The normalized spacial score (nSPS) is 25.4. The van der Waals surface area contributed by atoms with Crippen LogP contribution in [0.4, 0.5) is 0 Å². The molecule has 2 aliphatic rings. The quantitative estimate of drug-likeness (QED) is 0.703. The second-order valence-corrected chi connectivity index (χ2v) is 5.53. The van der Waals surface area contributed by atoms with Crippen molar-refractivity contribution >= 4 is 0 Å². The molecule has 0 aromatic heterocycles. The smallest absolute Gasteiger partial charge is 0.0153 e. The van der Waals surface area contributed by atoms with E-state index in [9.17, 15) is 0 Å². The minimum Gasteiger partial charge on any atom is -0.311 e. The fourth-order valence-electron chi connectivity index (χ4n) is 2.57. The Balaban J connectivity index is 1.70. The standard InChI is InChI=1S/C12H23N/c1-12(2,11-7-8-11)13-9-10-5-3-4-6-10/h10-11,13H,3-9H2,1-2H3. The van der Waals surface area contributed by atoms with Gasteiger partial charge in [0.2, 0.25) is 0 Å². The van der Waals surface area contributed by atoms with Gasteiger partial charge in [-0.1, -0.05) is 12.8 Å². The zero-order chi connectivity index (χ0) is 9.31. The molecule has 0 heterocycles. The Morgan fingerprint density at radius 2 is 1.69 bits per heavy atom. The molecule has 2 rings (SSSR count). The van der Waals surface area contributed by atoms with E-state index >= 15 is 0 Å². The maximum atomic E-state index is 3.76. The van der Waals surface area contributed by atoms with Crippen LogP contribution in [0.15, 0.2) is 0 Å². The third kappa shape index (κ3) is 2.46. The van der Waals surface area contributed by atoms with Crippen molar-refractivity contribution < 1.29 is 0 Å². The van der Waals surface area contributed by atoms with Crippen LogP contribution in [0.3, 0.4) is 0 Å². The molecule has 0 radical (unpaired) electrons. The van der Waals surface area contributed by atoms with Crippen LogP contribution in [-0.2, 0) is 0 Å². The van der Waals surface area contributed by atoms with E-state index in [4.69, 9.17) is 0 Å². The largest absolute Gasteiger partial charge is 0.311 e. The molecule has 0 spiro atoms. The van der Waals surface area contributed by atoms with Crippen molar-refractivity contribution in [1.29, 1.82) is 0 Å². The van der Waals surface area contributed by atoms with E-state index in [1.165, 1.54) is 45.1 Å². The molecule has 0 aromatic rings. The predicted molar refractivity (Wildman–Crippen MR) is 56.8 cm³/mol. The summed E-state index contributed by atoms with van der Waals surface area (Å²) < 4.78 is 0. The van der Waals surface area contributed by atoms with Gasteiger partial charge in [-0.2, -0.15) is 0 Å². The molecule has 0 amide bonds. The van der Waals surface area contributed by atoms with Crippen molar-refractivity contribution in [3.05, 3.63) is 0 Å². The van der Waals surface area contributed by atoms with E-state index < -0.39 is 0 Å². The second-order valence-electron chi connectivity index (χ2n) is 5.53. The van der Waals surface area contributed by atoms with Gasteiger partial charge < -0.3 is 5.32 Å². The lowest BCUT2D eigenvalue weighted by atomic mass is 9.97. The molecule has 0 aromatic carbocycles. The lowest BCUT2D eigenvalue weighted by Crippen LogP contribution is -2.43. The second kappa shape index (κ2) is 3.61. The average Bonchev–Trinajstić information content (AvgIpc) is 2.82. The highest BCUT2D eigenvalue weighted by molar-refractivity contribution is 4.94. The first-order valence-corrected chi connectivity index (χ1v) is 5.93. The van der Waals surface area contributed by atoms with E-state index in [1.54, 1.807) is 0 Å². The van der Waals surface area contributed by atoms with Gasteiger partial charge in [0.1, 0.15) is 0 Å². The zero-order valence-corrected chi connectivity index (χ0v) is 9.10. The Kier molecular flexibility index (Phi) is 2.64. The number of nitrogens with one attached hydrogen (secondary N) is 1. The molecule has 1 nitrogen and oxygen atoms in total. The molecular weight excluding hydrogens is 158 g/mol. The Morgan fingerprint density at radius 1 is 1.08 bits per heavy atom. The SMILES string of the molecule is CC(C)(NCC1CCCC1)C1CC1. The van der Waals surface area contributed by atoms with Gasteiger partial charge in [-0.25, -0.2) is 0 Å². The number of rotatable bonds is 4. The summed E-state index contributed by atoms with van der Waals surface area (Å²) in [7, 11) is 0. The minimum absolute atomic E-state index is 0.419. The Labute approximate surface area is 82.3 Å². The molecule has 0 saturated heterocycles. The third-order valence-electron chi connectivity index (χ3n) is 3.92. The summed E-state index contributed by atoms with van der Waals surface area (Å²) in [5.41, 5.74) is 0.419. The Morgan fingerprint density at radius 3 is 2.23 bits per heavy atom. The third-order valence-corrected chi connectivity index (χ3v) is 3.92. The number of hydrogen-bond acceptors (Lipinski definition) is 1. The first-order valence-electron chi connectivity index (χ1n) is 5.93. The molecule has 2 saturated carbocycles. The van der Waals surface area contributed by atoms with Gasteiger partial charge in [0.15, 0.2) is 0 Å². The number of hydrogen-bond donors (Lipinski definition) is 1. The van der Waals surface area contributed by atoms with Crippen LogP contribution in [-0.4, -0.2) is 12.1 Å².